The number of amides is 1. The zero-order valence-electron chi connectivity index (χ0n) is 13.1. The summed E-state index contributed by atoms with van der Waals surface area (Å²) in [4.78, 5) is 24.1. The molecule has 6 nitrogen and oxygen atoms in total. The number of carbonyl (C=O) groups is 1. The van der Waals surface area contributed by atoms with Crippen molar-refractivity contribution in [3.8, 4) is 17.0 Å². The van der Waals surface area contributed by atoms with Crippen LogP contribution in [0.4, 0.5) is 10.1 Å². The molecule has 0 aliphatic rings. The number of carbonyl (C=O) groups excluding carboxylic acids is 1. The van der Waals surface area contributed by atoms with Crippen molar-refractivity contribution in [2.75, 3.05) is 12.8 Å². The average Bonchev–Trinajstić information content (AvgIpc) is 2.45. The molecule has 0 aliphatic carbocycles. The van der Waals surface area contributed by atoms with E-state index in [-0.39, 0.29) is 34.3 Å². The molecular weight excluding hydrogens is 301 g/mol. The molecule has 0 saturated heterocycles. The molecule has 1 heterocycles. The van der Waals surface area contributed by atoms with Gasteiger partial charge in [0.2, 0.25) is 0 Å². The number of methoxy groups -OCH3 is 1. The second-order valence-corrected chi connectivity index (χ2v) is 5.31. The van der Waals surface area contributed by atoms with Crippen LogP contribution in [0.5, 0.6) is 5.75 Å². The lowest BCUT2D eigenvalue weighted by atomic mass is 10.0. The fourth-order valence-corrected chi connectivity index (χ4v) is 2.52. The van der Waals surface area contributed by atoms with Crippen LogP contribution in [0.15, 0.2) is 29.1 Å². The third kappa shape index (κ3) is 2.77. The van der Waals surface area contributed by atoms with Gasteiger partial charge < -0.3 is 20.8 Å². The topological polar surface area (TPSA) is 100 Å². The van der Waals surface area contributed by atoms with Crippen molar-refractivity contribution in [3.05, 3.63) is 46.0 Å². The Balaban J connectivity index is 2.95. The van der Waals surface area contributed by atoms with E-state index in [2.05, 4.69) is 0 Å². The first-order chi connectivity index (χ1) is 10.8. The van der Waals surface area contributed by atoms with Gasteiger partial charge in [0.15, 0.2) is 0 Å². The molecule has 4 N–H and O–H groups in total. The molecule has 2 rings (SSSR count). The Morgan fingerprint density at radius 1 is 1.35 bits per heavy atom. The quantitative estimate of drug-likeness (QED) is 0.899. The minimum atomic E-state index is -0.922. The SMILES string of the molecule is COc1cccc(F)c1-c1cc(N)c(C(N)=O)c(=O)n1C(C)C. The molecule has 0 aliphatic heterocycles. The Bertz CT molecular complexity index is 828. The number of primary amides is 1. The van der Waals surface area contributed by atoms with Crippen LogP contribution in [-0.2, 0) is 0 Å². The Hall–Kier alpha value is -2.83. The molecule has 122 valence electrons. The van der Waals surface area contributed by atoms with Gasteiger partial charge in [-0.05, 0) is 32.0 Å². The number of hydrogen-bond donors (Lipinski definition) is 2. The highest BCUT2D eigenvalue weighted by Crippen LogP contribution is 2.34. The number of aromatic nitrogens is 1. The number of ether oxygens (including phenoxy) is 1. The minimum Gasteiger partial charge on any atom is -0.496 e. The zero-order valence-corrected chi connectivity index (χ0v) is 13.1. The summed E-state index contributed by atoms with van der Waals surface area (Å²) in [7, 11) is 1.40. The van der Waals surface area contributed by atoms with Crippen LogP contribution < -0.4 is 21.8 Å². The maximum Gasteiger partial charge on any atom is 0.266 e. The monoisotopic (exact) mass is 319 g/mol. The van der Waals surface area contributed by atoms with E-state index in [1.165, 1.54) is 29.9 Å². The molecule has 1 aromatic heterocycles. The van der Waals surface area contributed by atoms with E-state index < -0.39 is 17.3 Å². The first-order valence-corrected chi connectivity index (χ1v) is 6.97. The number of nitrogen functional groups attached to an aromatic ring is 1. The summed E-state index contributed by atoms with van der Waals surface area (Å²) >= 11 is 0. The second-order valence-electron chi connectivity index (χ2n) is 5.31. The van der Waals surface area contributed by atoms with E-state index in [0.717, 1.165) is 0 Å². The number of nitrogens with zero attached hydrogens (tertiary/aromatic N) is 1. The standard InChI is InChI=1S/C16H18FN3O3/c1-8(2)20-11(7-10(18)14(15(19)21)16(20)22)13-9(17)5-4-6-12(13)23-3/h4-8H,18H2,1-3H3,(H2,19,21). The fraction of sp³-hybridized carbons (Fsp3) is 0.250. The lowest BCUT2D eigenvalue weighted by molar-refractivity contribution is 0.0999. The Labute approximate surface area is 132 Å². The van der Waals surface area contributed by atoms with Crippen molar-refractivity contribution in [2.45, 2.75) is 19.9 Å². The van der Waals surface area contributed by atoms with Gasteiger partial charge in [0.1, 0.15) is 17.1 Å². The molecule has 0 fully saturated rings. The molecule has 0 bridgehead atoms. The van der Waals surface area contributed by atoms with Crippen LogP contribution in [0.2, 0.25) is 0 Å². The molecule has 0 unspecified atom stereocenters. The van der Waals surface area contributed by atoms with Crippen molar-refractivity contribution >= 4 is 11.6 Å². The number of anilines is 1. The maximum atomic E-state index is 14.4. The second kappa shape index (κ2) is 6.12. The van der Waals surface area contributed by atoms with Gasteiger partial charge >= 0.3 is 0 Å². The van der Waals surface area contributed by atoms with Crippen LogP contribution in [-0.4, -0.2) is 17.6 Å². The Morgan fingerprint density at radius 2 is 2.00 bits per heavy atom. The molecule has 23 heavy (non-hydrogen) atoms. The van der Waals surface area contributed by atoms with E-state index in [1.807, 2.05) is 0 Å². The largest absolute Gasteiger partial charge is 0.496 e. The molecule has 7 heteroatoms. The molecule has 1 aromatic carbocycles. The lowest BCUT2D eigenvalue weighted by Crippen LogP contribution is -2.33. The van der Waals surface area contributed by atoms with E-state index in [1.54, 1.807) is 19.9 Å². The van der Waals surface area contributed by atoms with E-state index in [0.29, 0.717) is 0 Å². The van der Waals surface area contributed by atoms with E-state index in [4.69, 9.17) is 16.2 Å². The molecule has 0 radical (unpaired) electrons. The lowest BCUT2D eigenvalue weighted by Gasteiger charge is -2.20. The number of rotatable bonds is 4. The molecule has 2 aromatic rings. The molecular formula is C16H18FN3O3. The van der Waals surface area contributed by atoms with Gasteiger partial charge in [0.05, 0.1) is 24.1 Å². The number of nitrogens with two attached hydrogens (primary N) is 2. The van der Waals surface area contributed by atoms with Crippen molar-refractivity contribution in [1.82, 2.24) is 4.57 Å². The van der Waals surface area contributed by atoms with E-state index in [9.17, 15) is 14.0 Å². The van der Waals surface area contributed by atoms with Crippen molar-refractivity contribution < 1.29 is 13.9 Å². The Morgan fingerprint density at radius 3 is 2.52 bits per heavy atom. The summed E-state index contributed by atoms with van der Waals surface area (Å²) in [6.07, 6.45) is 0. The maximum absolute atomic E-state index is 14.4. The number of benzene rings is 1. The summed E-state index contributed by atoms with van der Waals surface area (Å²) in [5.74, 6) is -1.23. The van der Waals surface area contributed by atoms with Crippen LogP contribution in [0.1, 0.15) is 30.2 Å². The summed E-state index contributed by atoms with van der Waals surface area (Å²) in [5, 5.41) is 0. The zero-order chi connectivity index (χ0) is 17.3. The van der Waals surface area contributed by atoms with Crippen LogP contribution in [0, 0.1) is 5.82 Å². The van der Waals surface area contributed by atoms with Gasteiger partial charge in [0, 0.05) is 6.04 Å². The third-order valence-corrected chi connectivity index (χ3v) is 3.49. The highest BCUT2D eigenvalue weighted by Gasteiger charge is 2.23. The first-order valence-electron chi connectivity index (χ1n) is 6.97. The fourth-order valence-electron chi connectivity index (χ4n) is 2.52. The average molecular weight is 319 g/mol. The van der Waals surface area contributed by atoms with Crippen molar-refractivity contribution in [3.63, 3.8) is 0 Å². The highest BCUT2D eigenvalue weighted by atomic mass is 19.1. The van der Waals surface area contributed by atoms with Gasteiger partial charge in [0.25, 0.3) is 11.5 Å². The molecule has 0 spiro atoms. The third-order valence-electron chi connectivity index (χ3n) is 3.49. The van der Waals surface area contributed by atoms with E-state index >= 15 is 0 Å². The summed E-state index contributed by atoms with van der Waals surface area (Å²) in [6.45, 7) is 3.47. The number of pyridine rings is 1. The summed E-state index contributed by atoms with van der Waals surface area (Å²) in [5.41, 5.74) is 10.3. The van der Waals surface area contributed by atoms with Crippen LogP contribution in [0.3, 0.4) is 0 Å². The number of hydrogen-bond acceptors (Lipinski definition) is 4. The molecule has 0 atom stereocenters. The van der Waals surface area contributed by atoms with Gasteiger partial charge in [-0.25, -0.2) is 4.39 Å². The predicted molar refractivity (Wildman–Crippen MR) is 86.0 cm³/mol. The van der Waals surface area contributed by atoms with Crippen molar-refractivity contribution in [1.29, 1.82) is 0 Å². The normalized spacial score (nSPS) is 10.8. The minimum absolute atomic E-state index is 0.0975. The molecule has 1 amide bonds. The smallest absolute Gasteiger partial charge is 0.266 e. The summed E-state index contributed by atoms with van der Waals surface area (Å²) < 4.78 is 20.8. The van der Waals surface area contributed by atoms with Gasteiger partial charge in [-0.2, -0.15) is 0 Å². The predicted octanol–water partition coefficient (Wildman–Crippen LogP) is 1.93. The van der Waals surface area contributed by atoms with Crippen LogP contribution in [0.25, 0.3) is 11.3 Å². The van der Waals surface area contributed by atoms with Gasteiger partial charge in [-0.15, -0.1) is 0 Å². The van der Waals surface area contributed by atoms with Crippen LogP contribution >= 0.6 is 0 Å². The Kier molecular flexibility index (Phi) is 4.40. The number of halogens is 1. The van der Waals surface area contributed by atoms with Crippen molar-refractivity contribution in [2.24, 2.45) is 5.73 Å². The highest BCUT2D eigenvalue weighted by molar-refractivity contribution is 5.98. The first kappa shape index (κ1) is 16.5. The van der Waals surface area contributed by atoms with Gasteiger partial charge in [-0.1, -0.05) is 6.07 Å². The van der Waals surface area contributed by atoms with Gasteiger partial charge in [-0.3, -0.25) is 9.59 Å². The molecule has 0 saturated carbocycles. The summed E-state index contributed by atoms with van der Waals surface area (Å²) in [6, 6.07) is 5.34.